The van der Waals surface area contributed by atoms with Gasteiger partial charge in [0.1, 0.15) is 0 Å². The van der Waals surface area contributed by atoms with Crippen LogP contribution in [0.3, 0.4) is 0 Å². The second kappa shape index (κ2) is 4.47. The molecule has 21 heavy (non-hydrogen) atoms. The summed E-state index contributed by atoms with van der Waals surface area (Å²) in [7, 11) is 0. The average molecular weight is 288 g/mol. The molecule has 1 saturated heterocycles. The summed E-state index contributed by atoms with van der Waals surface area (Å²) in [5, 5.41) is 0. The molecule has 6 fully saturated rings. The summed E-state index contributed by atoms with van der Waals surface area (Å²) < 4.78 is 0. The van der Waals surface area contributed by atoms with E-state index in [1.165, 1.54) is 51.4 Å². The highest BCUT2D eigenvalue weighted by Gasteiger charge is 2.55. The number of carbonyl (C=O) groups is 1. The monoisotopic (exact) mass is 288 g/mol. The molecule has 116 valence electrons. The van der Waals surface area contributed by atoms with E-state index in [1.54, 1.807) is 0 Å². The van der Waals surface area contributed by atoms with Crippen LogP contribution in [0.2, 0.25) is 0 Å². The fraction of sp³-hybridized carbons (Fsp3) is 0.944. The van der Waals surface area contributed by atoms with Crippen molar-refractivity contribution in [1.29, 1.82) is 0 Å². The first-order valence-corrected chi connectivity index (χ1v) is 9.25. The van der Waals surface area contributed by atoms with Crippen molar-refractivity contribution in [1.82, 2.24) is 9.80 Å². The molecule has 0 N–H and O–H groups in total. The Bertz CT molecular complexity index is 413. The average Bonchev–Trinajstić information content (AvgIpc) is 3.30. The predicted octanol–water partition coefficient (Wildman–Crippen LogP) is 2.51. The Labute approximate surface area is 128 Å². The molecule has 0 aromatic heterocycles. The minimum absolute atomic E-state index is 0.0799. The van der Waals surface area contributed by atoms with Crippen LogP contribution in [0.1, 0.15) is 51.4 Å². The molecule has 5 saturated carbocycles. The summed E-state index contributed by atoms with van der Waals surface area (Å²) in [6.45, 7) is 4.25. The summed E-state index contributed by atoms with van der Waals surface area (Å²) in [6, 6.07) is 0.863. The van der Waals surface area contributed by atoms with E-state index < -0.39 is 0 Å². The van der Waals surface area contributed by atoms with Gasteiger partial charge < -0.3 is 4.90 Å². The van der Waals surface area contributed by atoms with Crippen LogP contribution < -0.4 is 0 Å². The zero-order chi connectivity index (χ0) is 14.0. The van der Waals surface area contributed by atoms with Crippen molar-refractivity contribution in [3.8, 4) is 0 Å². The smallest absolute Gasteiger partial charge is 0.228 e. The fourth-order valence-electron chi connectivity index (χ4n) is 6.44. The Kier molecular flexibility index (Phi) is 2.75. The van der Waals surface area contributed by atoms with Crippen molar-refractivity contribution in [3.63, 3.8) is 0 Å². The SMILES string of the molecule is O=C(N1CCN(C2CC2)CC1)C12CC3CC(CC(C3)C1)C2. The quantitative estimate of drug-likeness (QED) is 0.779. The molecule has 3 heteroatoms. The number of amides is 1. The van der Waals surface area contributed by atoms with Crippen molar-refractivity contribution in [2.45, 2.75) is 57.4 Å². The van der Waals surface area contributed by atoms with E-state index in [0.717, 1.165) is 50.0 Å². The minimum Gasteiger partial charge on any atom is -0.340 e. The number of hydrogen-bond donors (Lipinski definition) is 0. The second-order valence-electron chi connectivity index (χ2n) is 8.76. The molecule has 0 atom stereocenters. The summed E-state index contributed by atoms with van der Waals surface area (Å²) in [5.41, 5.74) is 0.0799. The molecular formula is C18H28N2O. The second-order valence-corrected chi connectivity index (χ2v) is 8.76. The van der Waals surface area contributed by atoms with E-state index in [-0.39, 0.29) is 5.41 Å². The van der Waals surface area contributed by atoms with Crippen molar-refractivity contribution < 1.29 is 4.79 Å². The van der Waals surface area contributed by atoms with E-state index >= 15 is 0 Å². The standard InChI is InChI=1S/C18H28N2O/c21-17(20-5-3-19(4-6-20)16-1-2-16)18-10-13-7-14(11-18)9-15(8-13)12-18/h13-16H,1-12H2. The summed E-state index contributed by atoms with van der Waals surface area (Å²) in [4.78, 5) is 18.1. The normalized spacial score (nSPS) is 46.1. The van der Waals surface area contributed by atoms with Crippen LogP contribution in [-0.4, -0.2) is 47.9 Å². The van der Waals surface area contributed by atoms with E-state index in [1.807, 2.05) is 0 Å². The molecule has 0 radical (unpaired) electrons. The Morgan fingerprint density at radius 3 is 1.81 bits per heavy atom. The lowest BCUT2D eigenvalue weighted by Gasteiger charge is -2.57. The number of nitrogens with zero attached hydrogens (tertiary/aromatic N) is 2. The molecule has 3 nitrogen and oxygen atoms in total. The predicted molar refractivity (Wildman–Crippen MR) is 81.8 cm³/mol. The summed E-state index contributed by atoms with van der Waals surface area (Å²) in [5.74, 6) is 3.20. The van der Waals surface area contributed by atoms with Gasteiger partial charge in [0.05, 0.1) is 5.41 Å². The van der Waals surface area contributed by atoms with Gasteiger partial charge in [0.2, 0.25) is 5.91 Å². The molecule has 4 bridgehead atoms. The zero-order valence-corrected chi connectivity index (χ0v) is 13.1. The zero-order valence-electron chi connectivity index (χ0n) is 13.1. The van der Waals surface area contributed by atoms with Crippen LogP contribution in [-0.2, 0) is 4.79 Å². The highest BCUT2D eigenvalue weighted by Crippen LogP contribution is 2.60. The Morgan fingerprint density at radius 2 is 1.33 bits per heavy atom. The summed E-state index contributed by atoms with van der Waals surface area (Å²) >= 11 is 0. The summed E-state index contributed by atoms with van der Waals surface area (Å²) in [6.07, 6.45) is 10.7. The van der Waals surface area contributed by atoms with Crippen LogP contribution in [0.25, 0.3) is 0 Å². The van der Waals surface area contributed by atoms with Crippen molar-refractivity contribution in [2.24, 2.45) is 23.2 Å². The van der Waals surface area contributed by atoms with E-state index in [0.29, 0.717) is 5.91 Å². The topological polar surface area (TPSA) is 23.6 Å². The molecule has 0 spiro atoms. The van der Waals surface area contributed by atoms with Gasteiger partial charge in [-0.15, -0.1) is 0 Å². The third-order valence-corrected chi connectivity index (χ3v) is 7.16. The van der Waals surface area contributed by atoms with Crippen LogP contribution in [0.4, 0.5) is 0 Å². The minimum atomic E-state index is 0.0799. The maximum absolute atomic E-state index is 13.3. The number of piperazine rings is 1. The van der Waals surface area contributed by atoms with Crippen LogP contribution >= 0.6 is 0 Å². The van der Waals surface area contributed by atoms with Crippen LogP contribution in [0.15, 0.2) is 0 Å². The lowest BCUT2D eigenvalue weighted by Crippen LogP contribution is -2.58. The lowest BCUT2D eigenvalue weighted by atomic mass is 9.49. The van der Waals surface area contributed by atoms with Crippen LogP contribution in [0, 0.1) is 23.2 Å². The van der Waals surface area contributed by atoms with E-state index in [2.05, 4.69) is 9.80 Å². The molecule has 5 aliphatic carbocycles. The maximum Gasteiger partial charge on any atom is 0.228 e. The largest absolute Gasteiger partial charge is 0.340 e. The van der Waals surface area contributed by atoms with Gasteiger partial charge in [-0.2, -0.15) is 0 Å². The molecule has 1 amide bonds. The third-order valence-electron chi connectivity index (χ3n) is 7.16. The van der Waals surface area contributed by atoms with Gasteiger partial charge in [0.25, 0.3) is 0 Å². The molecule has 1 aliphatic heterocycles. The highest BCUT2D eigenvalue weighted by molar-refractivity contribution is 5.83. The Morgan fingerprint density at radius 1 is 0.810 bits per heavy atom. The van der Waals surface area contributed by atoms with Crippen molar-refractivity contribution in [2.75, 3.05) is 26.2 Å². The van der Waals surface area contributed by atoms with Gasteiger partial charge in [-0.1, -0.05) is 0 Å². The highest BCUT2D eigenvalue weighted by atomic mass is 16.2. The Hall–Kier alpha value is -0.570. The molecule has 0 unspecified atom stereocenters. The Balaban J connectivity index is 1.30. The molecule has 0 aromatic rings. The van der Waals surface area contributed by atoms with Crippen molar-refractivity contribution >= 4 is 5.91 Å². The number of rotatable bonds is 2. The van der Waals surface area contributed by atoms with Crippen LogP contribution in [0.5, 0.6) is 0 Å². The number of carbonyl (C=O) groups excluding carboxylic acids is 1. The first kappa shape index (κ1) is 12.9. The molecule has 6 rings (SSSR count). The maximum atomic E-state index is 13.3. The van der Waals surface area contributed by atoms with Gasteiger partial charge in [0, 0.05) is 32.2 Å². The van der Waals surface area contributed by atoms with E-state index in [9.17, 15) is 4.79 Å². The van der Waals surface area contributed by atoms with Crippen molar-refractivity contribution in [3.05, 3.63) is 0 Å². The lowest BCUT2D eigenvalue weighted by molar-refractivity contribution is -0.159. The third kappa shape index (κ3) is 2.07. The van der Waals surface area contributed by atoms with Gasteiger partial charge >= 0.3 is 0 Å². The van der Waals surface area contributed by atoms with E-state index in [4.69, 9.17) is 0 Å². The molecule has 6 aliphatic rings. The molecule has 0 aromatic carbocycles. The van der Waals surface area contributed by atoms with Gasteiger partial charge in [-0.25, -0.2) is 0 Å². The molecule has 1 heterocycles. The first-order chi connectivity index (χ1) is 10.2. The number of hydrogen-bond acceptors (Lipinski definition) is 2. The van der Waals surface area contributed by atoms with Gasteiger partial charge in [-0.05, 0) is 69.1 Å². The first-order valence-electron chi connectivity index (χ1n) is 9.25. The van der Waals surface area contributed by atoms with Gasteiger partial charge in [0.15, 0.2) is 0 Å². The fourth-order valence-corrected chi connectivity index (χ4v) is 6.44. The molecular weight excluding hydrogens is 260 g/mol. The van der Waals surface area contributed by atoms with Gasteiger partial charge in [-0.3, -0.25) is 9.69 Å².